The molecule has 0 aliphatic carbocycles. The third-order valence-corrected chi connectivity index (χ3v) is 2.39. The van der Waals surface area contributed by atoms with Crippen molar-refractivity contribution < 1.29 is 44.1 Å². The van der Waals surface area contributed by atoms with E-state index in [1.54, 1.807) is 0 Å². The number of rotatable bonds is 7. The first-order chi connectivity index (χ1) is 7.58. The van der Waals surface area contributed by atoms with Crippen LogP contribution in [0, 0.1) is 0 Å². The van der Waals surface area contributed by atoms with Crippen molar-refractivity contribution >= 4 is 14.1 Å². The van der Waals surface area contributed by atoms with Crippen molar-refractivity contribution in [2.24, 2.45) is 5.73 Å². The molecule has 0 aromatic carbocycles. The molecule has 0 saturated carbocycles. The van der Waals surface area contributed by atoms with Crippen molar-refractivity contribution in [3.63, 3.8) is 0 Å². The van der Waals surface area contributed by atoms with Crippen LogP contribution in [0.25, 0.3) is 0 Å². The minimum atomic E-state index is -5.31. The van der Waals surface area contributed by atoms with Crippen molar-refractivity contribution in [3.05, 3.63) is 0 Å². The molecule has 0 rings (SSSR count). The minimum Gasteiger partial charge on any atom is -0.393 e. The van der Waals surface area contributed by atoms with E-state index in [4.69, 9.17) is 25.7 Å². The summed E-state index contributed by atoms with van der Waals surface area (Å²) in [5, 5.41) is 36.7. The fourth-order valence-electron chi connectivity index (χ4n) is 0.983. The number of nitrogens with two attached hydrogens (primary N) is 1. The van der Waals surface area contributed by atoms with Gasteiger partial charge in [-0.1, -0.05) is 0 Å². The summed E-state index contributed by atoms with van der Waals surface area (Å²) in [4.78, 5) is 27.3. The summed E-state index contributed by atoms with van der Waals surface area (Å²) < 4.78 is 14.3. The summed E-state index contributed by atoms with van der Waals surface area (Å²) in [6, 6.07) is -1.78. The van der Waals surface area contributed by atoms with Crippen molar-refractivity contribution in [1.29, 1.82) is 0 Å². The fraction of sp³-hybridized carbons (Fsp3) is 0.833. The summed E-state index contributed by atoms with van der Waals surface area (Å²) in [5.74, 6) is -3.28. The van der Waals surface area contributed by atoms with Crippen molar-refractivity contribution in [1.82, 2.24) is 0 Å². The van der Waals surface area contributed by atoms with Crippen LogP contribution in [0.15, 0.2) is 0 Å². The van der Waals surface area contributed by atoms with Crippen LogP contribution in [0.5, 0.6) is 0 Å². The van der Waals surface area contributed by atoms with Crippen LogP contribution in [-0.2, 0) is 13.9 Å². The molecule has 0 aromatic heterocycles. The normalized spacial score (nSPS) is 21.4. The fourth-order valence-corrected chi connectivity index (χ4v) is 1.59. The molecule has 102 valence electrons. The maximum atomic E-state index is 10.6. The van der Waals surface area contributed by atoms with Crippen LogP contribution >= 0.6 is 7.82 Å². The zero-order valence-corrected chi connectivity index (χ0v) is 9.34. The highest BCUT2D eigenvalue weighted by Crippen LogP contribution is 2.43. The van der Waals surface area contributed by atoms with Crippen LogP contribution in [0.4, 0.5) is 0 Å². The van der Waals surface area contributed by atoms with E-state index in [1.807, 2.05) is 0 Å². The maximum Gasteiger partial charge on any atom is 0.472 e. The van der Waals surface area contributed by atoms with Gasteiger partial charge in [-0.2, -0.15) is 0 Å². The van der Waals surface area contributed by atoms with Gasteiger partial charge in [-0.3, -0.25) is 0 Å². The predicted octanol–water partition coefficient (Wildman–Crippen LogP) is -3.98. The van der Waals surface area contributed by atoms with E-state index in [1.165, 1.54) is 0 Å². The van der Waals surface area contributed by atoms with E-state index in [0.717, 1.165) is 0 Å². The van der Waals surface area contributed by atoms with Gasteiger partial charge in [0.05, 0.1) is 12.6 Å². The second kappa shape index (κ2) is 5.96. The predicted molar refractivity (Wildman–Crippen MR) is 51.2 cm³/mol. The van der Waals surface area contributed by atoms with Gasteiger partial charge in [0.2, 0.25) is 5.79 Å². The molecule has 0 saturated heterocycles. The molecular formula is C6H14NO9P. The lowest BCUT2D eigenvalue weighted by Gasteiger charge is -2.36. The van der Waals surface area contributed by atoms with Gasteiger partial charge in [0.15, 0.2) is 0 Å². The van der Waals surface area contributed by atoms with Gasteiger partial charge in [-0.15, -0.1) is 0 Å². The van der Waals surface area contributed by atoms with E-state index >= 15 is 0 Å². The summed E-state index contributed by atoms with van der Waals surface area (Å²) in [6.07, 6.45) is -4.67. The Labute approximate surface area is 95.5 Å². The minimum absolute atomic E-state index is 0.0389. The number of carbonyl (C=O) groups is 1. The number of aldehydes is 1. The number of hydrogen-bond acceptors (Lipinski definition) is 8. The molecule has 0 aliphatic heterocycles. The van der Waals surface area contributed by atoms with Crippen molar-refractivity contribution in [3.8, 4) is 0 Å². The first-order valence-electron chi connectivity index (χ1n) is 4.25. The highest BCUT2D eigenvalue weighted by molar-refractivity contribution is 7.46. The Kier molecular flexibility index (Phi) is 5.81. The molecule has 0 aliphatic rings. The number of aliphatic hydroxyl groups excluding tert-OH is 3. The molecule has 11 heteroatoms. The highest BCUT2D eigenvalue weighted by Gasteiger charge is 2.50. The van der Waals surface area contributed by atoms with Crippen molar-refractivity contribution in [2.75, 3.05) is 6.61 Å². The molecule has 0 aromatic rings. The molecule has 0 heterocycles. The van der Waals surface area contributed by atoms with Gasteiger partial charge in [0, 0.05) is 0 Å². The molecule has 8 N–H and O–H groups in total. The van der Waals surface area contributed by atoms with Crippen LogP contribution < -0.4 is 5.73 Å². The topological polar surface area (TPSA) is 191 Å². The molecule has 0 amide bonds. The van der Waals surface area contributed by atoms with Crippen LogP contribution in [0.1, 0.15) is 0 Å². The van der Waals surface area contributed by atoms with E-state index < -0.39 is 38.5 Å². The lowest BCUT2D eigenvalue weighted by atomic mass is 9.99. The first-order valence-corrected chi connectivity index (χ1v) is 5.78. The number of hydrogen-bond donors (Lipinski definition) is 7. The smallest absolute Gasteiger partial charge is 0.393 e. The Morgan fingerprint density at radius 3 is 2.18 bits per heavy atom. The molecule has 10 nitrogen and oxygen atoms in total. The molecule has 0 spiro atoms. The second-order valence-electron chi connectivity index (χ2n) is 3.19. The van der Waals surface area contributed by atoms with Gasteiger partial charge in [0.1, 0.15) is 18.5 Å². The van der Waals surface area contributed by atoms with Gasteiger partial charge in [0.25, 0.3) is 0 Å². The molecule has 0 fully saturated rings. The number of phosphoric acid groups is 1. The summed E-state index contributed by atoms with van der Waals surface area (Å²) in [5.41, 5.74) is 5.01. The molecule has 17 heavy (non-hydrogen) atoms. The number of carbonyl (C=O) groups excluding carboxylic acids is 1. The van der Waals surface area contributed by atoms with Gasteiger partial charge in [-0.25, -0.2) is 9.09 Å². The lowest BCUT2D eigenvalue weighted by molar-refractivity contribution is -0.271. The van der Waals surface area contributed by atoms with E-state index in [0.29, 0.717) is 0 Å². The maximum absolute atomic E-state index is 10.6. The van der Waals surface area contributed by atoms with Gasteiger partial charge < -0.3 is 40.7 Å². The van der Waals surface area contributed by atoms with Crippen LogP contribution in [0.2, 0.25) is 0 Å². The summed E-state index contributed by atoms with van der Waals surface area (Å²) in [7, 11) is -5.31. The molecule has 0 bridgehead atoms. The van der Waals surface area contributed by atoms with E-state index in [2.05, 4.69) is 4.52 Å². The van der Waals surface area contributed by atoms with E-state index in [9.17, 15) is 19.6 Å². The highest BCUT2D eigenvalue weighted by atomic mass is 31.2. The van der Waals surface area contributed by atoms with Gasteiger partial charge in [-0.05, 0) is 0 Å². The van der Waals surface area contributed by atoms with Crippen LogP contribution in [0.3, 0.4) is 0 Å². The zero-order valence-electron chi connectivity index (χ0n) is 8.45. The number of phosphoric ester groups is 1. The van der Waals surface area contributed by atoms with E-state index in [-0.39, 0.29) is 6.29 Å². The Morgan fingerprint density at radius 2 is 1.88 bits per heavy atom. The Bertz CT molecular complexity index is 306. The molecule has 0 unspecified atom stereocenters. The first kappa shape index (κ1) is 16.6. The second-order valence-corrected chi connectivity index (χ2v) is 4.35. The lowest BCUT2D eigenvalue weighted by Crippen LogP contribution is -2.61. The molecule has 0 radical (unpaired) electrons. The largest absolute Gasteiger partial charge is 0.472 e. The average molecular weight is 275 g/mol. The Balaban J connectivity index is 5.23. The monoisotopic (exact) mass is 275 g/mol. The molecule has 4 atom stereocenters. The Hall–Kier alpha value is -0.420. The molecular weight excluding hydrogens is 261 g/mol. The third-order valence-electron chi connectivity index (χ3n) is 1.86. The summed E-state index contributed by atoms with van der Waals surface area (Å²) >= 11 is 0. The standard InChI is InChI=1S/C6H14NO9P/c7-3(1-8)5(11)6(12,4(10)2-9)16-17(13,14)15/h1,3-5,9-12H,2,7H2,(H2,13,14,15)/t3-,4+,5+,6-/m0/s1. The quantitative estimate of drug-likeness (QED) is 0.137. The number of aliphatic hydroxyl groups is 4. The average Bonchev–Trinajstić information content (AvgIpc) is 2.23. The van der Waals surface area contributed by atoms with Crippen LogP contribution in [-0.4, -0.2) is 67.1 Å². The third kappa shape index (κ3) is 4.39. The summed E-state index contributed by atoms with van der Waals surface area (Å²) in [6.45, 7) is -1.20. The Morgan fingerprint density at radius 1 is 1.41 bits per heavy atom. The van der Waals surface area contributed by atoms with Gasteiger partial charge >= 0.3 is 7.82 Å². The SMILES string of the molecule is N[C@@H](C=O)[C@@H](O)[C@@](O)(OP(=O)(O)O)[C@H](O)CO. The zero-order chi connectivity index (χ0) is 13.9. The van der Waals surface area contributed by atoms with Crippen molar-refractivity contribution in [2.45, 2.75) is 24.0 Å².